The highest BCUT2D eigenvalue weighted by Crippen LogP contribution is 2.17. The van der Waals surface area contributed by atoms with Crippen molar-refractivity contribution in [3.05, 3.63) is 16.1 Å². The van der Waals surface area contributed by atoms with Crippen molar-refractivity contribution >= 4 is 23.2 Å². The Kier molecular flexibility index (Phi) is 4.42. The molecule has 100 valence electrons. The van der Waals surface area contributed by atoms with Gasteiger partial charge < -0.3 is 16.2 Å². The van der Waals surface area contributed by atoms with Gasteiger partial charge in [-0.3, -0.25) is 4.79 Å². The van der Waals surface area contributed by atoms with E-state index in [9.17, 15) is 9.59 Å². The minimum atomic E-state index is -1.07. The fourth-order valence-corrected chi connectivity index (χ4v) is 1.86. The van der Waals surface area contributed by atoms with Gasteiger partial charge in [-0.25, -0.2) is 9.78 Å². The van der Waals surface area contributed by atoms with Crippen LogP contribution in [0, 0.1) is 5.41 Å². The Bertz CT molecular complexity index is 451. The Labute approximate surface area is 109 Å². The molecular weight excluding hydrogens is 254 g/mol. The number of carbonyl (C=O) groups excluding carboxylic acids is 1. The highest BCUT2D eigenvalue weighted by Gasteiger charge is 2.27. The topological polar surface area (TPSA) is 105 Å². The zero-order valence-electron chi connectivity index (χ0n) is 10.6. The van der Waals surface area contributed by atoms with E-state index in [2.05, 4.69) is 10.3 Å². The third kappa shape index (κ3) is 3.78. The summed E-state index contributed by atoms with van der Waals surface area (Å²) >= 11 is 1.19. The summed E-state index contributed by atoms with van der Waals surface area (Å²) in [6.07, 6.45) is 0. The van der Waals surface area contributed by atoms with Crippen LogP contribution in [0.1, 0.15) is 36.3 Å². The van der Waals surface area contributed by atoms with Crippen LogP contribution in [0.25, 0.3) is 0 Å². The molecule has 6 nitrogen and oxygen atoms in total. The van der Waals surface area contributed by atoms with E-state index in [1.165, 1.54) is 16.7 Å². The average molecular weight is 271 g/mol. The molecule has 0 radical (unpaired) electrons. The van der Waals surface area contributed by atoms with Gasteiger partial charge in [0.2, 0.25) is 5.91 Å². The van der Waals surface area contributed by atoms with Gasteiger partial charge in [0.1, 0.15) is 5.01 Å². The van der Waals surface area contributed by atoms with Gasteiger partial charge in [0, 0.05) is 5.38 Å². The number of nitrogens with one attached hydrogen (secondary N) is 1. The number of thiazole rings is 1. The molecule has 0 saturated carbocycles. The number of carbonyl (C=O) groups is 2. The molecule has 1 amide bonds. The first-order valence-corrected chi connectivity index (χ1v) is 6.31. The number of hydrogen-bond acceptors (Lipinski definition) is 5. The number of aromatic nitrogens is 1. The van der Waals surface area contributed by atoms with Gasteiger partial charge in [0.15, 0.2) is 5.69 Å². The molecule has 1 atom stereocenters. The average Bonchev–Trinajstić information content (AvgIpc) is 2.72. The molecule has 0 aliphatic heterocycles. The molecule has 1 rings (SSSR count). The van der Waals surface area contributed by atoms with Crippen molar-refractivity contribution in [2.45, 2.75) is 33.4 Å². The van der Waals surface area contributed by atoms with E-state index in [-0.39, 0.29) is 23.6 Å². The van der Waals surface area contributed by atoms with Gasteiger partial charge in [-0.2, -0.15) is 0 Å². The van der Waals surface area contributed by atoms with Crippen LogP contribution in [0.2, 0.25) is 0 Å². The molecule has 0 aromatic carbocycles. The standard InChI is InChI=1S/C11H17N3O3S/c1-11(2,3)8(12)9(15)13-4-7-14-6(5-18-7)10(16)17/h5,8H,4,12H2,1-3H3,(H,13,15)(H,16,17). The van der Waals surface area contributed by atoms with Crippen molar-refractivity contribution < 1.29 is 14.7 Å². The van der Waals surface area contributed by atoms with E-state index >= 15 is 0 Å². The smallest absolute Gasteiger partial charge is 0.355 e. The molecule has 1 heterocycles. The first kappa shape index (κ1) is 14.6. The lowest BCUT2D eigenvalue weighted by Crippen LogP contribution is -2.48. The summed E-state index contributed by atoms with van der Waals surface area (Å²) in [4.78, 5) is 26.2. The van der Waals surface area contributed by atoms with Gasteiger partial charge >= 0.3 is 5.97 Å². The summed E-state index contributed by atoms with van der Waals surface area (Å²) in [5, 5.41) is 13.3. The molecule has 0 spiro atoms. The second-order valence-electron chi connectivity index (χ2n) is 4.99. The fourth-order valence-electron chi connectivity index (χ4n) is 1.16. The predicted molar refractivity (Wildman–Crippen MR) is 68.4 cm³/mol. The van der Waals surface area contributed by atoms with Crippen molar-refractivity contribution in [2.75, 3.05) is 0 Å². The zero-order valence-corrected chi connectivity index (χ0v) is 11.4. The maximum Gasteiger partial charge on any atom is 0.355 e. The summed E-state index contributed by atoms with van der Waals surface area (Å²) in [6.45, 7) is 5.83. The Morgan fingerprint density at radius 1 is 1.56 bits per heavy atom. The molecule has 0 fully saturated rings. The molecule has 1 aromatic heterocycles. The Hall–Kier alpha value is -1.47. The van der Waals surface area contributed by atoms with Crippen LogP contribution >= 0.6 is 11.3 Å². The fraction of sp³-hybridized carbons (Fsp3) is 0.545. The molecule has 0 aliphatic rings. The Morgan fingerprint density at radius 2 is 2.17 bits per heavy atom. The maximum atomic E-state index is 11.7. The number of carboxylic acids is 1. The summed E-state index contributed by atoms with van der Waals surface area (Å²) < 4.78 is 0. The van der Waals surface area contributed by atoms with E-state index in [1.54, 1.807) is 0 Å². The summed E-state index contributed by atoms with van der Waals surface area (Å²) in [7, 11) is 0. The summed E-state index contributed by atoms with van der Waals surface area (Å²) in [5.74, 6) is -1.34. The first-order chi connectivity index (χ1) is 8.21. The van der Waals surface area contributed by atoms with Crippen LogP contribution < -0.4 is 11.1 Å². The normalized spacial score (nSPS) is 13.1. The lowest BCUT2D eigenvalue weighted by molar-refractivity contribution is -0.124. The van der Waals surface area contributed by atoms with E-state index in [1.807, 2.05) is 20.8 Å². The molecule has 0 bridgehead atoms. The van der Waals surface area contributed by atoms with Crippen LogP contribution in [-0.2, 0) is 11.3 Å². The van der Waals surface area contributed by atoms with Gasteiger partial charge in [-0.15, -0.1) is 11.3 Å². The van der Waals surface area contributed by atoms with Gasteiger partial charge in [-0.1, -0.05) is 20.8 Å². The third-order valence-corrected chi connectivity index (χ3v) is 3.25. The van der Waals surface area contributed by atoms with Gasteiger partial charge in [0.05, 0.1) is 12.6 Å². The monoisotopic (exact) mass is 271 g/mol. The first-order valence-electron chi connectivity index (χ1n) is 5.43. The quantitative estimate of drug-likeness (QED) is 0.752. The molecule has 1 aromatic rings. The largest absolute Gasteiger partial charge is 0.476 e. The number of carboxylic acid groups (broad SMARTS) is 1. The highest BCUT2D eigenvalue weighted by atomic mass is 32.1. The summed E-state index contributed by atoms with van der Waals surface area (Å²) in [5.41, 5.74) is 5.46. The van der Waals surface area contributed by atoms with Crippen molar-refractivity contribution in [1.29, 1.82) is 0 Å². The van der Waals surface area contributed by atoms with Crippen molar-refractivity contribution in [3.8, 4) is 0 Å². The molecule has 0 aliphatic carbocycles. The van der Waals surface area contributed by atoms with Crippen molar-refractivity contribution in [2.24, 2.45) is 11.1 Å². The Balaban J connectivity index is 2.55. The number of rotatable bonds is 4. The molecule has 18 heavy (non-hydrogen) atoms. The van der Waals surface area contributed by atoms with Crippen molar-refractivity contribution in [3.63, 3.8) is 0 Å². The highest BCUT2D eigenvalue weighted by molar-refractivity contribution is 7.09. The van der Waals surface area contributed by atoms with Gasteiger partial charge in [0.25, 0.3) is 0 Å². The SMILES string of the molecule is CC(C)(C)C(N)C(=O)NCc1nc(C(=O)O)cs1. The number of nitrogens with zero attached hydrogens (tertiary/aromatic N) is 1. The van der Waals surface area contributed by atoms with Crippen LogP contribution in [0.4, 0.5) is 0 Å². The lowest BCUT2D eigenvalue weighted by Gasteiger charge is -2.25. The molecular formula is C11H17N3O3S. The van der Waals surface area contributed by atoms with Crippen LogP contribution in [0.3, 0.4) is 0 Å². The third-order valence-electron chi connectivity index (χ3n) is 2.40. The predicted octanol–water partition coefficient (Wildman–Crippen LogP) is 0.831. The van der Waals surface area contributed by atoms with Crippen LogP contribution in [0.5, 0.6) is 0 Å². The minimum Gasteiger partial charge on any atom is -0.476 e. The van der Waals surface area contributed by atoms with E-state index in [4.69, 9.17) is 10.8 Å². The van der Waals surface area contributed by atoms with E-state index < -0.39 is 12.0 Å². The number of nitrogens with two attached hydrogens (primary N) is 1. The van der Waals surface area contributed by atoms with E-state index in [0.29, 0.717) is 5.01 Å². The molecule has 0 saturated heterocycles. The van der Waals surface area contributed by atoms with Crippen LogP contribution in [-0.4, -0.2) is 28.0 Å². The molecule has 1 unspecified atom stereocenters. The molecule has 7 heteroatoms. The number of aromatic carboxylic acids is 1. The van der Waals surface area contributed by atoms with E-state index in [0.717, 1.165) is 0 Å². The van der Waals surface area contributed by atoms with Crippen LogP contribution in [0.15, 0.2) is 5.38 Å². The van der Waals surface area contributed by atoms with Gasteiger partial charge in [-0.05, 0) is 5.41 Å². The Morgan fingerprint density at radius 3 is 2.61 bits per heavy atom. The zero-order chi connectivity index (χ0) is 13.9. The maximum absolute atomic E-state index is 11.7. The second kappa shape index (κ2) is 5.45. The van der Waals surface area contributed by atoms with Crippen molar-refractivity contribution in [1.82, 2.24) is 10.3 Å². The second-order valence-corrected chi connectivity index (χ2v) is 5.94. The number of hydrogen-bond donors (Lipinski definition) is 3. The lowest BCUT2D eigenvalue weighted by atomic mass is 9.87. The summed E-state index contributed by atoms with van der Waals surface area (Å²) in [6, 6.07) is -0.614. The minimum absolute atomic E-state index is 0.00984. The molecule has 4 N–H and O–H groups in total. The number of amides is 1.